The highest BCUT2D eigenvalue weighted by Gasteiger charge is 2.40. The molecule has 2 unspecified atom stereocenters. The van der Waals surface area contributed by atoms with E-state index in [-0.39, 0.29) is 16.5 Å². The van der Waals surface area contributed by atoms with Crippen molar-refractivity contribution in [3.8, 4) is 0 Å². The quantitative estimate of drug-likeness (QED) is 0.874. The first-order valence-electron chi connectivity index (χ1n) is 5.89. The summed E-state index contributed by atoms with van der Waals surface area (Å²) >= 11 is 5.65. The second-order valence-corrected chi connectivity index (χ2v) is 5.31. The van der Waals surface area contributed by atoms with E-state index in [1.807, 2.05) is 0 Å². The normalized spacial score (nSPS) is 28.6. The molecule has 0 aromatic heterocycles. The van der Waals surface area contributed by atoms with Crippen LogP contribution in [0.4, 0.5) is 4.39 Å². The van der Waals surface area contributed by atoms with Gasteiger partial charge in [0.25, 0.3) is 0 Å². The van der Waals surface area contributed by atoms with E-state index in [1.54, 1.807) is 12.1 Å². The minimum Gasteiger partial charge on any atom is -0.392 e. The van der Waals surface area contributed by atoms with E-state index in [2.05, 4.69) is 0 Å². The zero-order chi connectivity index (χ0) is 12.5. The van der Waals surface area contributed by atoms with Crippen LogP contribution in [0.3, 0.4) is 0 Å². The molecule has 1 aliphatic carbocycles. The highest BCUT2D eigenvalue weighted by molar-refractivity contribution is 6.30. The van der Waals surface area contributed by atoms with E-state index in [0.29, 0.717) is 13.0 Å². The molecule has 1 aromatic rings. The van der Waals surface area contributed by atoms with E-state index < -0.39 is 5.82 Å². The monoisotopic (exact) mass is 257 g/mol. The Balaban J connectivity index is 2.21. The van der Waals surface area contributed by atoms with Crippen LogP contribution in [0.2, 0.25) is 5.02 Å². The van der Waals surface area contributed by atoms with Crippen molar-refractivity contribution in [3.05, 3.63) is 34.6 Å². The van der Waals surface area contributed by atoms with Gasteiger partial charge < -0.3 is 10.8 Å². The summed E-state index contributed by atoms with van der Waals surface area (Å²) in [5, 5.41) is 10.2. The Morgan fingerprint density at radius 1 is 1.53 bits per heavy atom. The smallest absolute Gasteiger partial charge is 0.142 e. The maximum absolute atomic E-state index is 13.4. The Morgan fingerprint density at radius 2 is 2.29 bits per heavy atom. The highest BCUT2D eigenvalue weighted by atomic mass is 35.5. The van der Waals surface area contributed by atoms with Crippen LogP contribution in [0.15, 0.2) is 18.2 Å². The number of hydrogen-bond donors (Lipinski definition) is 2. The van der Waals surface area contributed by atoms with Gasteiger partial charge in [0.05, 0.1) is 11.1 Å². The maximum atomic E-state index is 13.4. The van der Waals surface area contributed by atoms with Crippen LogP contribution >= 0.6 is 11.6 Å². The molecule has 0 saturated heterocycles. The number of aliphatic hydroxyl groups excluding tert-OH is 1. The van der Waals surface area contributed by atoms with Gasteiger partial charge in [0, 0.05) is 12.0 Å². The Hall–Kier alpha value is -0.640. The van der Waals surface area contributed by atoms with E-state index in [1.165, 1.54) is 6.07 Å². The van der Waals surface area contributed by atoms with Crippen molar-refractivity contribution in [1.29, 1.82) is 0 Å². The lowest BCUT2D eigenvalue weighted by molar-refractivity contribution is 0.0588. The summed E-state index contributed by atoms with van der Waals surface area (Å²) < 4.78 is 13.4. The van der Waals surface area contributed by atoms with Crippen LogP contribution in [0.25, 0.3) is 0 Å². The SMILES string of the molecule is NCC1(Cc2ccc(Cl)c(F)c2)CCCC1O. The first-order chi connectivity index (χ1) is 8.07. The van der Waals surface area contributed by atoms with Crippen molar-refractivity contribution in [2.24, 2.45) is 11.1 Å². The number of benzene rings is 1. The summed E-state index contributed by atoms with van der Waals surface area (Å²) in [7, 11) is 0. The predicted molar refractivity (Wildman–Crippen MR) is 66.5 cm³/mol. The van der Waals surface area contributed by atoms with Crippen molar-refractivity contribution in [1.82, 2.24) is 0 Å². The molecule has 1 fully saturated rings. The van der Waals surface area contributed by atoms with Crippen LogP contribution in [-0.4, -0.2) is 17.8 Å². The van der Waals surface area contributed by atoms with Crippen LogP contribution in [-0.2, 0) is 6.42 Å². The van der Waals surface area contributed by atoms with Crippen LogP contribution in [0.1, 0.15) is 24.8 Å². The Kier molecular flexibility index (Phi) is 3.71. The standard InChI is InChI=1S/C13H17ClFNO/c14-10-4-3-9(6-11(10)15)7-13(8-16)5-1-2-12(13)17/h3-4,6,12,17H,1-2,5,7-8,16H2. The van der Waals surface area contributed by atoms with E-state index in [9.17, 15) is 9.50 Å². The first-order valence-corrected chi connectivity index (χ1v) is 6.27. The molecule has 0 bridgehead atoms. The lowest BCUT2D eigenvalue weighted by Crippen LogP contribution is -2.39. The Bertz CT molecular complexity index is 412. The van der Waals surface area contributed by atoms with Crippen molar-refractivity contribution in [2.45, 2.75) is 31.8 Å². The molecule has 0 aliphatic heterocycles. The summed E-state index contributed by atoms with van der Waals surface area (Å²) in [5.74, 6) is -0.413. The predicted octanol–water partition coefficient (Wildman–Crippen LogP) is 2.51. The molecule has 1 aliphatic rings. The molecule has 94 valence electrons. The Labute approximate surface area is 106 Å². The molecule has 4 heteroatoms. The first kappa shape index (κ1) is 12.8. The molecule has 2 atom stereocenters. The van der Waals surface area contributed by atoms with Crippen molar-refractivity contribution in [2.75, 3.05) is 6.54 Å². The maximum Gasteiger partial charge on any atom is 0.142 e. The van der Waals surface area contributed by atoms with E-state index in [4.69, 9.17) is 17.3 Å². The molecule has 1 saturated carbocycles. The van der Waals surface area contributed by atoms with Gasteiger partial charge in [-0.1, -0.05) is 24.1 Å². The fourth-order valence-electron chi connectivity index (χ4n) is 2.69. The molecule has 0 spiro atoms. The molecular weight excluding hydrogens is 241 g/mol. The molecule has 0 heterocycles. The summed E-state index contributed by atoms with van der Waals surface area (Å²) in [6, 6.07) is 4.79. The zero-order valence-corrected chi connectivity index (χ0v) is 10.4. The zero-order valence-electron chi connectivity index (χ0n) is 9.63. The number of halogens is 2. The molecule has 17 heavy (non-hydrogen) atoms. The summed E-state index contributed by atoms with van der Waals surface area (Å²) in [6.45, 7) is 0.429. The van der Waals surface area contributed by atoms with Gasteiger partial charge >= 0.3 is 0 Å². The molecule has 3 N–H and O–H groups in total. The number of nitrogens with two attached hydrogens (primary N) is 1. The fourth-order valence-corrected chi connectivity index (χ4v) is 2.81. The van der Waals surface area contributed by atoms with Crippen molar-refractivity contribution < 1.29 is 9.50 Å². The van der Waals surface area contributed by atoms with E-state index in [0.717, 1.165) is 24.8 Å². The molecule has 2 rings (SSSR count). The molecular formula is C13H17ClFNO. The molecule has 1 aromatic carbocycles. The fraction of sp³-hybridized carbons (Fsp3) is 0.538. The number of aliphatic hydroxyl groups is 1. The third kappa shape index (κ3) is 2.46. The molecule has 0 radical (unpaired) electrons. The van der Waals surface area contributed by atoms with Gasteiger partial charge in [0.2, 0.25) is 0 Å². The van der Waals surface area contributed by atoms with Gasteiger partial charge in [-0.3, -0.25) is 0 Å². The highest BCUT2D eigenvalue weighted by Crippen LogP contribution is 2.40. The topological polar surface area (TPSA) is 46.2 Å². The minimum atomic E-state index is -0.413. The van der Waals surface area contributed by atoms with Crippen LogP contribution in [0.5, 0.6) is 0 Å². The molecule has 2 nitrogen and oxygen atoms in total. The third-order valence-corrected chi connectivity index (χ3v) is 4.11. The average Bonchev–Trinajstić information content (AvgIpc) is 2.66. The third-order valence-electron chi connectivity index (χ3n) is 3.81. The second-order valence-electron chi connectivity index (χ2n) is 4.90. The molecule has 0 amide bonds. The van der Waals surface area contributed by atoms with Gasteiger partial charge in [-0.05, 0) is 37.0 Å². The summed E-state index contributed by atoms with van der Waals surface area (Å²) in [6.07, 6.45) is 2.89. The van der Waals surface area contributed by atoms with Gasteiger partial charge in [-0.25, -0.2) is 4.39 Å². The number of rotatable bonds is 3. The summed E-state index contributed by atoms with van der Waals surface area (Å²) in [4.78, 5) is 0. The minimum absolute atomic E-state index is 0.127. The van der Waals surface area contributed by atoms with Crippen molar-refractivity contribution >= 4 is 11.6 Å². The van der Waals surface area contributed by atoms with Crippen molar-refractivity contribution in [3.63, 3.8) is 0 Å². The van der Waals surface area contributed by atoms with Crippen LogP contribution < -0.4 is 5.73 Å². The van der Waals surface area contributed by atoms with Gasteiger partial charge in [-0.2, -0.15) is 0 Å². The number of hydrogen-bond acceptors (Lipinski definition) is 2. The lowest BCUT2D eigenvalue weighted by atomic mass is 9.78. The largest absolute Gasteiger partial charge is 0.392 e. The average molecular weight is 258 g/mol. The van der Waals surface area contributed by atoms with E-state index >= 15 is 0 Å². The summed E-state index contributed by atoms with van der Waals surface area (Å²) in [5.41, 5.74) is 6.35. The lowest BCUT2D eigenvalue weighted by Gasteiger charge is -2.31. The van der Waals surface area contributed by atoms with Gasteiger partial charge in [0.15, 0.2) is 0 Å². The second kappa shape index (κ2) is 4.92. The Morgan fingerprint density at radius 3 is 2.82 bits per heavy atom. The van der Waals surface area contributed by atoms with Crippen LogP contribution in [0, 0.1) is 11.2 Å². The van der Waals surface area contributed by atoms with Gasteiger partial charge in [0.1, 0.15) is 5.82 Å². The van der Waals surface area contributed by atoms with Gasteiger partial charge in [-0.15, -0.1) is 0 Å².